The molecule has 7 heteroatoms. The molecule has 1 aromatic carbocycles. The first-order valence-electron chi connectivity index (χ1n) is 6.90. The summed E-state index contributed by atoms with van der Waals surface area (Å²) in [5.74, 6) is -1.81. The van der Waals surface area contributed by atoms with E-state index in [1.165, 1.54) is 0 Å². The molecule has 1 aliphatic rings. The smallest absolute Gasteiger partial charge is 0.170 e. The van der Waals surface area contributed by atoms with Crippen molar-refractivity contribution in [2.45, 2.75) is 25.9 Å². The van der Waals surface area contributed by atoms with Gasteiger partial charge in [-0.15, -0.1) is 0 Å². The summed E-state index contributed by atoms with van der Waals surface area (Å²) in [5, 5.41) is 11.3. The van der Waals surface area contributed by atoms with Gasteiger partial charge in [0.05, 0.1) is 6.10 Å². The van der Waals surface area contributed by atoms with Gasteiger partial charge in [0.15, 0.2) is 5.84 Å². The number of nitrogens with two attached hydrogens (primary N) is 1. The van der Waals surface area contributed by atoms with Gasteiger partial charge in [0.1, 0.15) is 17.3 Å². The summed E-state index contributed by atoms with van der Waals surface area (Å²) in [5.41, 5.74) is 5.25. The van der Waals surface area contributed by atoms with Crippen LogP contribution in [0.5, 0.6) is 0 Å². The number of amidine groups is 1. The molecule has 116 valence electrons. The maximum absolute atomic E-state index is 14.2. The van der Waals surface area contributed by atoms with Crippen LogP contribution < -0.4 is 10.6 Å². The number of hydrogen-bond acceptors (Lipinski definition) is 4. The van der Waals surface area contributed by atoms with E-state index in [0.717, 1.165) is 25.0 Å². The molecule has 1 unspecified atom stereocenters. The molecule has 1 aromatic rings. The Morgan fingerprint density at radius 2 is 2.14 bits per heavy atom. The lowest BCUT2D eigenvalue weighted by atomic mass is 10.1. The van der Waals surface area contributed by atoms with Crippen LogP contribution in [0.1, 0.15) is 25.3 Å². The SMILES string of the molecule is CCN(CC1CCCO1)c1c(F)cc(C(N)=NO)cc1F. The number of rotatable bonds is 5. The largest absolute Gasteiger partial charge is 0.409 e. The number of anilines is 1. The maximum atomic E-state index is 14.2. The molecule has 21 heavy (non-hydrogen) atoms. The van der Waals surface area contributed by atoms with Crippen molar-refractivity contribution < 1.29 is 18.7 Å². The number of benzene rings is 1. The zero-order chi connectivity index (χ0) is 15.4. The van der Waals surface area contributed by atoms with Gasteiger partial charge in [-0.05, 0) is 31.9 Å². The van der Waals surface area contributed by atoms with E-state index in [2.05, 4.69) is 5.16 Å². The number of oxime groups is 1. The average molecular weight is 299 g/mol. The molecular formula is C14H19F2N3O2. The summed E-state index contributed by atoms with van der Waals surface area (Å²) in [6.45, 7) is 3.41. The van der Waals surface area contributed by atoms with Crippen LogP contribution in [-0.4, -0.2) is 36.8 Å². The Kier molecular flexibility index (Phi) is 4.95. The summed E-state index contributed by atoms with van der Waals surface area (Å²) in [6.07, 6.45) is 1.85. The van der Waals surface area contributed by atoms with Crippen molar-refractivity contribution in [1.29, 1.82) is 0 Å². The van der Waals surface area contributed by atoms with E-state index in [-0.39, 0.29) is 23.2 Å². The fraction of sp³-hybridized carbons (Fsp3) is 0.500. The second-order valence-electron chi connectivity index (χ2n) is 4.95. The van der Waals surface area contributed by atoms with Gasteiger partial charge in [-0.3, -0.25) is 0 Å². The zero-order valence-electron chi connectivity index (χ0n) is 11.9. The third-order valence-corrected chi connectivity index (χ3v) is 3.57. The number of halogens is 2. The van der Waals surface area contributed by atoms with Gasteiger partial charge in [0.25, 0.3) is 0 Å². The Morgan fingerprint density at radius 1 is 1.48 bits per heavy atom. The second-order valence-corrected chi connectivity index (χ2v) is 4.95. The molecule has 2 rings (SSSR count). The van der Waals surface area contributed by atoms with Crippen LogP contribution >= 0.6 is 0 Å². The van der Waals surface area contributed by atoms with Gasteiger partial charge in [-0.2, -0.15) is 0 Å². The highest BCUT2D eigenvalue weighted by Crippen LogP contribution is 2.26. The zero-order valence-corrected chi connectivity index (χ0v) is 11.9. The quantitative estimate of drug-likeness (QED) is 0.378. The van der Waals surface area contributed by atoms with Gasteiger partial charge in [-0.1, -0.05) is 5.16 Å². The molecule has 0 aliphatic carbocycles. The lowest BCUT2D eigenvalue weighted by Gasteiger charge is -2.27. The Bertz CT molecular complexity index is 508. The van der Waals surface area contributed by atoms with Crippen molar-refractivity contribution in [2.75, 3.05) is 24.6 Å². The molecular weight excluding hydrogens is 280 g/mol. The first-order chi connectivity index (χ1) is 10.1. The number of ether oxygens (including phenoxy) is 1. The molecule has 1 saturated heterocycles. The molecule has 1 heterocycles. The summed E-state index contributed by atoms with van der Waals surface area (Å²) in [6, 6.07) is 2.12. The Morgan fingerprint density at radius 3 is 2.62 bits per heavy atom. The predicted octanol–water partition coefficient (Wildman–Crippen LogP) is 2.06. The van der Waals surface area contributed by atoms with Crippen LogP contribution in [0.2, 0.25) is 0 Å². The summed E-state index contributed by atoms with van der Waals surface area (Å²) in [4.78, 5) is 1.61. The second kappa shape index (κ2) is 6.71. The summed E-state index contributed by atoms with van der Waals surface area (Å²) >= 11 is 0. The molecule has 1 fully saturated rings. The van der Waals surface area contributed by atoms with Crippen LogP contribution in [0.15, 0.2) is 17.3 Å². The topological polar surface area (TPSA) is 71.1 Å². The van der Waals surface area contributed by atoms with E-state index in [4.69, 9.17) is 15.7 Å². The average Bonchev–Trinajstić information content (AvgIpc) is 2.97. The molecule has 5 nitrogen and oxygen atoms in total. The fourth-order valence-corrected chi connectivity index (χ4v) is 2.49. The van der Waals surface area contributed by atoms with Gasteiger partial charge in [0, 0.05) is 25.3 Å². The molecule has 0 spiro atoms. The van der Waals surface area contributed by atoms with Gasteiger partial charge < -0.3 is 20.6 Å². The maximum Gasteiger partial charge on any atom is 0.170 e. The lowest BCUT2D eigenvalue weighted by Crippen LogP contribution is -2.33. The van der Waals surface area contributed by atoms with Crippen molar-refractivity contribution >= 4 is 11.5 Å². The summed E-state index contributed by atoms with van der Waals surface area (Å²) in [7, 11) is 0. The molecule has 0 radical (unpaired) electrons. The van der Waals surface area contributed by atoms with Gasteiger partial charge in [-0.25, -0.2) is 8.78 Å². The van der Waals surface area contributed by atoms with Crippen LogP contribution in [-0.2, 0) is 4.74 Å². The molecule has 3 N–H and O–H groups in total. The predicted molar refractivity (Wildman–Crippen MR) is 75.7 cm³/mol. The minimum absolute atomic E-state index is 0.00409. The third kappa shape index (κ3) is 3.41. The van der Waals surface area contributed by atoms with E-state index >= 15 is 0 Å². The van der Waals surface area contributed by atoms with E-state index in [0.29, 0.717) is 19.7 Å². The Hall–Kier alpha value is -1.89. The van der Waals surface area contributed by atoms with Crippen molar-refractivity contribution in [3.63, 3.8) is 0 Å². The fourth-order valence-electron chi connectivity index (χ4n) is 2.49. The van der Waals surface area contributed by atoms with Crippen molar-refractivity contribution in [3.8, 4) is 0 Å². The number of likely N-dealkylation sites (N-methyl/N-ethyl adjacent to an activating group) is 1. The normalized spacial score (nSPS) is 19.0. The van der Waals surface area contributed by atoms with Crippen molar-refractivity contribution in [1.82, 2.24) is 0 Å². The van der Waals surface area contributed by atoms with Crippen LogP contribution in [0.3, 0.4) is 0 Å². The highest BCUT2D eigenvalue weighted by molar-refractivity contribution is 5.97. The van der Waals surface area contributed by atoms with Crippen LogP contribution in [0.25, 0.3) is 0 Å². The summed E-state index contributed by atoms with van der Waals surface area (Å²) < 4.78 is 33.9. The van der Waals surface area contributed by atoms with E-state index in [1.807, 2.05) is 6.92 Å². The lowest BCUT2D eigenvalue weighted by molar-refractivity contribution is 0.115. The Balaban J connectivity index is 2.28. The molecule has 1 aliphatic heterocycles. The van der Waals surface area contributed by atoms with Crippen LogP contribution in [0.4, 0.5) is 14.5 Å². The van der Waals surface area contributed by atoms with E-state index < -0.39 is 11.6 Å². The molecule has 1 atom stereocenters. The first-order valence-corrected chi connectivity index (χ1v) is 6.90. The van der Waals surface area contributed by atoms with Crippen molar-refractivity contribution in [2.24, 2.45) is 10.9 Å². The minimum Gasteiger partial charge on any atom is -0.409 e. The van der Waals surface area contributed by atoms with Crippen molar-refractivity contribution in [3.05, 3.63) is 29.3 Å². The number of hydrogen-bond donors (Lipinski definition) is 2. The highest BCUT2D eigenvalue weighted by atomic mass is 19.1. The third-order valence-electron chi connectivity index (χ3n) is 3.57. The molecule has 0 saturated carbocycles. The van der Waals surface area contributed by atoms with Gasteiger partial charge in [0.2, 0.25) is 0 Å². The highest BCUT2D eigenvalue weighted by Gasteiger charge is 2.23. The van der Waals surface area contributed by atoms with E-state index in [9.17, 15) is 8.78 Å². The first kappa shape index (κ1) is 15.5. The Labute approximate surface area is 122 Å². The number of nitrogens with zero attached hydrogens (tertiary/aromatic N) is 2. The van der Waals surface area contributed by atoms with Crippen LogP contribution in [0, 0.1) is 11.6 Å². The standard InChI is InChI=1S/C14H19F2N3O2/c1-2-19(8-10-4-3-5-21-10)13-11(15)6-9(7-12(13)16)14(17)18-20/h6-7,10,20H,2-5,8H2,1H3,(H2,17,18). The van der Waals surface area contributed by atoms with E-state index in [1.54, 1.807) is 4.90 Å². The monoisotopic (exact) mass is 299 g/mol. The minimum atomic E-state index is -0.739. The molecule has 0 amide bonds. The molecule has 0 aromatic heterocycles. The van der Waals surface area contributed by atoms with Gasteiger partial charge >= 0.3 is 0 Å². The molecule has 0 bridgehead atoms.